The zero-order chi connectivity index (χ0) is 13.3. The van der Waals surface area contributed by atoms with Gasteiger partial charge in [-0.2, -0.15) is 0 Å². The summed E-state index contributed by atoms with van der Waals surface area (Å²) in [6.07, 6.45) is 3.11. The third-order valence-corrected chi connectivity index (χ3v) is 4.67. The van der Waals surface area contributed by atoms with Crippen LogP contribution < -0.4 is 5.73 Å². The summed E-state index contributed by atoms with van der Waals surface area (Å²) in [5.74, 6) is 0.716. The molecular formula is C14H29N3O. The fourth-order valence-corrected chi connectivity index (χ4v) is 3.58. The van der Waals surface area contributed by atoms with E-state index in [9.17, 15) is 0 Å². The Morgan fingerprint density at radius 1 is 1.28 bits per heavy atom. The molecule has 0 aliphatic carbocycles. The van der Waals surface area contributed by atoms with Gasteiger partial charge in [0.25, 0.3) is 0 Å². The topological polar surface area (TPSA) is 41.7 Å². The molecule has 2 fully saturated rings. The summed E-state index contributed by atoms with van der Waals surface area (Å²) < 4.78 is 6.02. The summed E-state index contributed by atoms with van der Waals surface area (Å²) in [5, 5.41) is 0. The number of likely N-dealkylation sites (tertiary alicyclic amines) is 1. The highest BCUT2D eigenvalue weighted by molar-refractivity contribution is 4.94. The second-order valence-corrected chi connectivity index (χ2v) is 6.33. The quantitative estimate of drug-likeness (QED) is 0.805. The van der Waals surface area contributed by atoms with E-state index in [4.69, 9.17) is 10.5 Å². The summed E-state index contributed by atoms with van der Waals surface area (Å²) >= 11 is 0. The number of nitrogens with zero attached hydrogens (tertiary/aromatic N) is 2. The predicted molar refractivity (Wildman–Crippen MR) is 74.6 cm³/mol. The normalized spacial score (nSPS) is 39.7. The molecule has 4 heteroatoms. The van der Waals surface area contributed by atoms with Gasteiger partial charge in [-0.3, -0.25) is 4.90 Å². The standard InChI is InChI=1S/C14H29N3O/c1-10-8-17(9-13(10)16(3)4)12(7-15)14-6-5-11(2)18-14/h10-14H,5-9,15H2,1-4H3. The Labute approximate surface area is 111 Å². The van der Waals surface area contributed by atoms with E-state index in [-0.39, 0.29) is 0 Å². The number of ether oxygens (including phenoxy) is 1. The molecule has 4 nitrogen and oxygen atoms in total. The molecular weight excluding hydrogens is 226 g/mol. The van der Waals surface area contributed by atoms with Crippen molar-refractivity contribution in [1.82, 2.24) is 9.80 Å². The van der Waals surface area contributed by atoms with Crippen LogP contribution in [0.2, 0.25) is 0 Å². The van der Waals surface area contributed by atoms with E-state index in [1.54, 1.807) is 0 Å². The average Bonchev–Trinajstić information content (AvgIpc) is 2.87. The van der Waals surface area contributed by atoms with Crippen LogP contribution in [-0.2, 0) is 4.74 Å². The Morgan fingerprint density at radius 2 is 2.00 bits per heavy atom. The molecule has 0 aromatic rings. The maximum absolute atomic E-state index is 6.02. The van der Waals surface area contributed by atoms with Crippen LogP contribution in [0.1, 0.15) is 26.7 Å². The van der Waals surface area contributed by atoms with Gasteiger partial charge in [-0.15, -0.1) is 0 Å². The first kappa shape index (κ1) is 14.3. The van der Waals surface area contributed by atoms with Gasteiger partial charge in [0.1, 0.15) is 0 Å². The third kappa shape index (κ3) is 2.87. The van der Waals surface area contributed by atoms with Crippen LogP contribution in [0, 0.1) is 5.92 Å². The van der Waals surface area contributed by atoms with E-state index >= 15 is 0 Å². The summed E-state index contributed by atoms with van der Waals surface area (Å²) in [4.78, 5) is 4.90. The molecule has 106 valence electrons. The van der Waals surface area contributed by atoms with Gasteiger partial charge < -0.3 is 15.4 Å². The van der Waals surface area contributed by atoms with E-state index in [2.05, 4.69) is 37.7 Å². The molecule has 0 saturated carbocycles. The molecule has 0 bridgehead atoms. The van der Waals surface area contributed by atoms with Crippen LogP contribution in [0.3, 0.4) is 0 Å². The minimum atomic E-state index is 0.345. The van der Waals surface area contributed by atoms with Gasteiger partial charge in [0.05, 0.1) is 12.2 Å². The number of likely N-dealkylation sites (N-methyl/N-ethyl adjacent to an activating group) is 1. The Balaban J connectivity index is 1.97. The fraction of sp³-hybridized carbons (Fsp3) is 1.00. The summed E-state index contributed by atoms with van der Waals surface area (Å²) in [7, 11) is 4.35. The highest BCUT2D eigenvalue weighted by Gasteiger charge is 2.39. The molecule has 2 aliphatic rings. The van der Waals surface area contributed by atoms with Crippen LogP contribution in [0.15, 0.2) is 0 Å². The molecule has 2 N–H and O–H groups in total. The van der Waals surface area contributed by atoms with E-state index in [0.717, 1.165) is 13.1 Å². The van der Waals surface area contributed by atoms with Gasteiger partial charge in [-0.05, 0) is 39.8 Å². The van der Waals surface area contributed by atoms with Crippen molar-refractivity contribution in [3.8, 4) is 0 Å². The van der Waals surface area contributed by atoms with Crippen molar-refractivity contribution < 1.29 is 4.74 Å². The predicted octanol–water partition coefficient (Wildman–Crippen LogP) is 0.763. The largest absolute Gasteiger partial charge is 0.374 e. The van der Waals surface area contributed by atoms with Gasteiger partial charge in [0.15, 0.2) is 0 Å². The SMILES string of the molecule is CC1CCC(C(CN)N2CC(C)C(N(C)C)C2)O1. The molecule has 18 heavy (non-hydrogen) atoms. The monoisotopic (exact) mass is 255 g/mol. The molecule has 0 aromatic carbocycles. The third-order valence-electron chi connectivity index (χ3n) is 4.67. The second-order valence-electron chi connectivity index (χ2n) is 6.33. The molecule has 2 rings (SSSR count). The van der Waals surface area contributed by atoms with Crippen LogP contribution in [-0.4, -0.2) is 67.8 Å². The zero-order valence-electron chi connectivity index (χ0n) is 12.3. The lowest BCUT2D eigenvalue weighted by Crippen LogP contribution is -2.48. The lowest BCUT2D eigenvalue weighted by atomic mass is 10.1. The smallest absolute Gasteiger partial charge is 0.0747 e. The van der Waals surface area contributed by atoms with E-state index in [0.29, 0.717) is 36.8 Å². The summed E-state index contributed by atoms with van der Waals surface area (Å²) in [5.41, 5.74) is 6.01. The molecule has 2 saturated heterocycles. The van der Waals surface area contributed by atoms with Crippen molar-refractivity contribution in [3.05, 3.63) is 0 Å². The number of hydrogen-bond acceptors (Lipinski definition) is 4. The first-order chi connectivity index (χ1) is 8.52. The first-order valence-corrected chi connectivity index (χ1v) is 7.29. The molecule has 0 radical (unpaired) electrons. The van der Waals surface area contributed by atoms with E-state index in [1.165, 1.54) is 12.8 Å². The van der Waals surface area contributed by atoms with E-state index < -0.39 is 0 Å². The van der Waals surface area contributed by atoms with Crippen molar-refractivity contribution in [2.24, 2.45) is 11.7 Å². The second kappa shape index (κ2) is 5.87. The van der Waals surface area contributed by atoms with Crippen LogP contribution in [0.4, 0.5) is 0 Å². The minimum absolute atomic E-state index is 0.345. The van der Waals surface area contributed by atoms with Gasteiger partial charge in [0, 0.05) is 31.7 Å². The molecule has 0 spiro atoms. The Morgan fingerprint density at radius 3 is 2.44 bits per heavy atom. The Kier molecular flexibility index (Phi) is 4.64. The van der Waals surface area contributed by atoms with Crippen LogP contribution in [0.25, 0.3) is 0 Å². The number of rotatable bonds is 4. The number of hydrogen-bond donors (Lipinski definition) is 1. The Bertz CT molecular complexity index is 272. The molecule has 2 aliphatic heterocycles. The maximum atomic E-state index is 6.02. The molecule has 0 amide bonds. The molecule has 5 atom stereocenters. The average molecular weight is 255 g/mol. The van der Waals surface area contributed by atoms with Gasteiger partial charge in [-0.1, -0.05) is 6.92 Å². The number of nitrogens with two attached hydrogens (primary N) is 1. The molecule has 0 aromatic heterocycles. The van der Waals surface area contributed by atoms with Gasteiger partial charge in [-0.25, -0.2) is 0 Å². The van der Waals surface area contributed by atoms with Crippen LogP contribution >= 0.6 is 0 Å². The highest BCUT2D eigenvalue weighted by atomic mass is 16.5. The van der Waals surface area contributed by atoms with Crippen molar-refractivity contribution in [3.63, 3.8) is 0 Å². The van der Waals surface area contributed by atoms with E-state index in [1.807, 2.05) is 0 Å². The van der Waals surface area contributed by atoms with Crippen molar-refractivity contribution >= 4 is 0 Å². The summed E-state index contributed by atoms with van der Waals surface area (Å²) in [6, 6.07) is 1.06. The van der Waals surface area contributed by atoms with Crippen molar-refractivity contribution in [2.45, 2.75) is 51.0 Å². The van der Waals surface area contributed by atoms with Crippen molar-refractivity contribution in [1.29, 1.82) is 0 Å². The molecule has 5 unspecified atom stereocenters. The van der Waals surface area contributed by atoms with Gasteiger partial charge in [0.2, 0.25) is 0 Å². The summed E-state index contributed by atoms with van der Waals surface area (Å²) in [6.45, 7) is 7.51. The zero-order valence-corrected chi connectivity index (χ0v) is 12.3. The maximum Gasteiger partial charge on any atom is 0.0747 e. The highest BCUT2D eigenvalue weighted by Crippen LogP contribution is 2.28. The van der Waals surface area contributed by atoms with Crippen LogP contribution in [0.5, 0.6) is 0 Å². The fourth-order valence-electron chi connectivity index (χ4n) is 3.58. The lowest BCUT2D eigenvalue weighted by molar-refractivity contribution is 0.000404. The van der Waals surface area contributed by atoms with Gasteiger partial charge >= 0.3 is 0 Å². The molecule has 2 heterocycles. The van der Waals surface area contributed by atoms with Crippen molar-refractivity contribution in [2.75, 3.05) is 33.7 Å². The lowest BCUT2D eigenvalue weighted by Gasteiger charge is -2.32. The first-order valence-electron chi connectivity index (χ1n) is 7.29. The Hall–Kier alpha value is -0.160. The minimum Gasteiger partial charge on any atom is -0.374 e.